The number of nitrogens with zero attached hydrogens (tertiary/aromatic N) is 1. The zero-order valence-electron chi connectivity index (χ0n) is 7.41. The number of ketones is 1. The van der Waals surface area contributed by atoms with E-state index in [-0.39, 0.29) is 0 Å². The molecule has 1 aliphatic rings. The normalized spacial score (nSPS) is 21.6. The first-order valence-electron chi connectivity index (χ1n) is 4.31. The van der Waals surface area contributed by atoms with E-state index in [0.29, 0.717) is 24.5 Å². The molecule has 3 nitrogen and oxygen atoms in total. The molecule has 0 radical (unpaired) electrons. The van der Waals surface area contributed by atoms with Crippen LogP contribution in [-0.2, 0) is 15.6 Å². The summed E-state index contributed by atoms with van der Waals surface area (Å²) in [7, 11) is -0.687. The average molecular weight is 189 g/mol. The van der Waals surface area contributed by atoms with E-state index in [1.54, 1.807) is 0 Å². The largest absolute Gasteiger partial charge is 0.298 e. The summed E-state index contributed by atoms with van der Waals surface area (Å²) in [6.45, 7) is 4.16. The van der Waals surface area contributed by atoms with Gasteiger partial charge in [0.2, 0.25) is 0 Å². The van der Waals surface area contributed by atoms with Crippen LogP contribution < -0.4 is 0 Å². The van der Waals surface area contributed by atoms with Crippen LogP contribution in [0.2, 0.25) is 0 Å². The van der Waals surface area contributed by atoms with E-state index >= 15 is 0 Å². The van der Waals surface area contributed by atoms with Crippen molar-refractivity contribution in [2.45, 2.75) is 13.3 Å². The van der Waals surface area contributed by atoms with Crippen molar-refractivity contribution in [3.8, 4) is 0 Å². The highest BCUT2D eigenvalue weighted by atomic mass is 32.2. The van der Waals surface area contributed by atoms with Crippen LogP contribution in [0.15, 0.2) is 0 Å². The van der Waals surface area contributed by atoms with Crippen molar-refractivity contribution in [1.29, 1.82) is 0 Å². The molecule has 0 aliphatic carbocycles. The second-order valence-corrected chi connectivity index (χ2v) is 4.86. The third kappa shape index (κ3) is 3.03. The lowest BCUT2D eigenvalue weighted by molar-refractivity contribution is -0.116. The fraction of sp³-hybridized carbons (Fsp3) is 0.875. The van der Waals surface area contributed by atoms with E-state index < -0.39 is 10.8 Å². The molecule has 1 saturated heterocycles. The highest BCUT2D eigenvalue weighted by molar-refractivity contribution is 7.84. The van der Waals surface area contributed by atoms with E-state index in [0.717, 1.165) is 18.8 Å². The van der Waals surface area contributed by atoms with Gasteiger partial charge in [-0.3, -0.25) is 13.9 Å². The van der Waals surface area contributed by atoms with Crippen LogP contribution >= 0.6 is 0 Å². The fourth-order valence-corrected chi connectivity index (χ4v) is 2.01. The first-order chi connectivity index (χ1) is 5.72. The van der Waals surface area contributed by atoms with Crippen LogP contribution in [-0.4, -0.2) is 46.0 Å². The van der Waals surface area contributed by atoms with Crippen molar-refractivity contribution in [2.75, 3.05) is 31.1 Å². The highest BCUT2D eigenvalue weighted by Crippen LogP contribution is 2.03. The molecule has 0 aromatic heterocycles. The van der Waals surface area contributed by atoms with Gasteiger partial charge in [0, 0.05) is 41.8 Å². The average Bonchev–Trinajstić information content (AvgIpc) is 2.47. The third-order valence-electron chi connectivity index (χ3n) is 2.06. The molecule has 0 spiro atoms. The van der Waals surface area contributed by atoms with Gasteiger partial charge in [0.1, 0.15) is 5.78 Å². The Hall–Kier alpha value is -0.220. The van der Waals surface area contributed by atoms with Gasteiger partial charge in [0.15, 0.2) is 0 Å². The van der Waals surface area contributed by atoms with Crippen molar-refractivity contribution in [3.05, 3.63) is 0 Å². The zero-order chi connectivity index (χ0) is 8.97. The highest BCUT2D eigenvalue weighted by Gasteiger charge is 2.18. The van der Waals surface area contributed by atoms with Crippen LogP contribution in [0.4, 0.5) is 0 Å². The number of likely N-dealkylation sites (tertiary alicyclic amines) is 1. The quantitative estimate of drug-likeness (QED) is 0.626. The van der Waals surface area contributed by atoms with E-state index in [1.807, 2.05) is 6.92 Å². The number of carbonyl (C=O) groups is 1. The van der Waals surface area contributed by atoms with Crippen LogP contribution in [0.3, 0.4) is 0 Å². The lowest BCUT2D eigenvalue weighted by atomic mass is 10.4. The molecule has 0 aromatic carbocycles. The lowest BCUT2D eigenvalue weighted by Gasteiger charge is -2.11. The second kappa shape index (κ2) is 4.72. The number of hydrogen-bond acceptors (Lipinski definition) is 3. The van der Waals surface area contributed by atoms with Gasteiger partial charge in [0.05, 0.1) is 6.54 Å². The molecular formula is C8H15NO2S. The Morgan fingerprint density at radius 1 is 1.58 bits per heavy atom. The van der Waals surface area contributed by atoms with E-state index in [9.17, 15) is 9.00 Å². The summed E-state index contributed by atoms with van der Waals surface area (Å²) in [5.41, 5.74) is 0. The van der Waals surface area contributed by atoms with Crippen LogP contribution in [0.5, 0.6) is 0 Å². The molecule has 70 valence electrons. The summed E-state index contributed by atoms with van der Waals surface area (Å²) < 4.78 is 11.0. The first-order valence-corrected chi connectivity index (χ1v) is 5.80. The minimum Gasteiger partial charge on any atom is -0.298 e. The molecule has 0 N–H and O–H groups in total. The summed E-state index contributed by atoms with van der Waals surface area (Å²) in [5.74, 6) is 1.75. The number of hydrogen-bond donors (Lipinski definition) is 0. The number of rotatable bonds is 4. The van der Waals surface area contributed by atoms with Gasteiger partial charge in [-0.1, -0.05) is 6.92 Å². The minimum absolute atomic E-state index is 0.317. The summed E-state index contributed by atoms with van der Waals surface area (Å²) in [6.07, 6.45) is 0.679. The molecule has 1 heterocycles. The topological polar surface area (TPSA) is 37.4 Å². The predicted octanol–water partition coefficient (Wildman–Crippen LogP) is 0.0298. The Labute approximate surface area is 75.6 Å². The summed E-state index contributed by atoms with van der Waals surface area (Å²) >= 11 is 0. The van der Waals surface area contributed by atoms with Crippen molar-refractivity contribution < 1.29 is 9.00 Å². The number of Topliss-reactive ketones (excluding diaryl/α,β-unsaturated/α-hetero) is 1. The maximum atomic E-state index is 11.0. The molecule has 0 amide bonds. The van der Waals surface area contributed by atoms with E-state index in [4.69, 9.17) is 0 Å². The van der Waals surface area contributed by atoms with Crippen molar-refractivity contribution >= 4 is 16.6 Å². The smallest absolute Gasteiger partial charge is 0.148 e. The monoisotopic (exact) mass is 189 g/mol. The van der Waals surface area contributed by atoms with Crippen molar-refractivity contribution in [2.24, 2.45) is 0 Å². The van der Waals surface area contributed by atoms with E-state index in [2.05, 4.69) is 4.90 Å². The van der Waals surface area contributed by atoms with Gasteiger partial charge in [-0.25, -0.2) is 0 Å². The van der Waals surface area contributed by atoms with Crippen molar-refractivity contribution in [3.63, 3.8) is 0 Å². The van der Waals surface area contributed by atoms with Gasteiger partial charge in [-0.2, -0.15) is 0 Å². The maximum absolute atomic E-state index is 11.0. The Kier molecular flexibility index (Phi) is 3.88. The van der Waals surface area contributed by atoms with Gasteiger partial charge < -0.3 is 0 Å². The van der Waals surface area contributed by atoms with Gasteiger partial charge in [-0.05, 0) is 0 Å². The molecule has 4 heteroatoms. The summed E-state index contributed by atoms with van der Waals surface area (Å²) in [5, 5.41) is 0. The molecule has 12 heavy (non-hydrogen) atoms. The molecule has 1 unspecified atom stereocenters. The van der Waals surface area contributed by atoms with Gasteiger partial charge in [0.25, 0.3) is 0 Å². The second-order valence-electron chi connectivity index (χ2n) is 3.00. The molecule has 0 aromatic rings. The molecule has 1 rings (SSSR count). The maximum Gasteiger partial charge on any atom is 0.148 e. The molecular weight excluding hydrogens is 174 g/mol. The Balaban J connectivity index is 2.16. The SMILES string of the molecule is CCS(=O)CCN1CCC(=O)C1. The molecule has 0 saturated carbocycles. The van der Waals surface area contributed by atoms with Crippen LogP contribution in [0.25, 0.3) is 0 Å². The minimum atomic E-state index is -0.687. The molecule has 1 atom stereocenters. The predicted molar refractivity (Wildman–Crippen MR) is 49.6 cm³/mol. The van der Waals surface area contributed by atoms with Gasteiger partial charge >= 0.3 is 0 Å². The molecule has 1 aliphatic heterocycles. The summed E-state index contributed by atoms with van der Waals surface area (Å²) in [4.78, 5) is 12.9. The Morgan fingerprint density at radius 2 is 2.33 bits per heavy atom. The Bertz CT molecular complexity index is 193. The van der Waals surface area contributed by atoms with Gasteiger partial charge in [-0.15, -0.1) is 0 Å². The molecule has 1 fully saturated rings. The standard InChI is InChI=1S/C8H15NO2S/c1-2-12(11)6-5-9-4-3-8(10)7-9/h2-7H2,1H3. The fourth-order valence-electron chi connectivity index (χ4n) is 1.26. The Morgan fingerprint density at radius 3 is 2.83 bits per heavy atom. The third-order valence-corrected chi connectivity index (χ3v) is 3.35. The van der Waals surface area contributed by atoms with Crippen LogP contribution in [0, 0.1) is 0 Å². The molecule has 0 bridgehead atoms. The van der Waals surface area contributed by atoms with E-state index in [1.165, 1.54) is 0 Å². The van der Waals surface area contributed by atoms with Crippen LogP contribution in [0.1, 0.15) is 13.3 Å². The zero-order valence-corrected chi connectivity index (χ0v) is 8.23. The summed E-state index contributed by atoms with van der Waals surface area (Å²) in [6, 6.07) is 0. The first kappa shape index (κ1) is 9.86. The van der Waals surface area contributed by atoms with Crippen molar-refractivity contribution in [1.82, 2.24) is 4.90 Å². The lowest BCUT2D eigenvalue weighted by Crippen LogP contribution is -2.26. The number of carbonyl (C=O) groups excluding carboxylic acids is 1.